The van der Waals surface area contributed by atoms with Gasteiger partial charge in [0.1, 0.15) is 5.02 Å². The Kier molecular flexibility index (Phi) is 4.04. The summed E-state index contributed by atoms with van der Waals surface area (Å²) in [6, 6.07) is 4.48. The first-order valence-corrected chi connectivity index (χ1v) is 6.87. The number of rotatable bonds is 4. The highest BCUT2D eigenvalue weighted by molar-refractivity contribution is 7.09. The summed E-state index contributed by atoms with van der Waals surface area (Å²) in [5.74, 6) is 0.915. The smallest absolute Gasteiger partial charge is 0.222 e. The Labute approximate surface area is 115 Å². The Bertz CT molecular complexity index is 515. The van der Waals surface area contributed by atoms with E-state index in [9.17, 15) is 0 Å². The van der Waals surface area contributed by atoms with Gasteiger partial charge >= 0.3 is 0 Å². The maximum Gasteiger partial charge on any atom is 0.222 e. The number of nitrogen functional groups attached to an aromatic ring is 1. The van der Waals surface area contributed by atoms with E-state index in [-0.39, 0.29) is 12.0 Å². The number of hydrogen-bond donors (Lipinski definition) is 1. The first-order valence-electron chi connectivity index (χ1n) is 5.61. The number of aromatic nitrogens is 2. The van der Waals surface area contributed by atoms with Gasteiger partial charge in [0.15, 0.2) is 5.82 Å². The van der Waals surface area contributed by atoms with Crippen LogP contribution in [0.3, 0.4) is 0 Å². The lowest BCUT2D eigenvalue weighted by atomic mass is 10.2. The number of nitrogens with zero attached hydrogens (tertiary/aromatic N) is 3. The molecule has 2 aromatic rings. The third-order valence-corrected chi connectivity index (χ3v) is 3.98. The summed E-state index contributed by atoms with van der Waals surface area (Å²) in [6.07, 6.45) is 2.49. The van der Waals surface area contributed by atoms with Crippen molar-refractivity contribution in [3.8, 4) is 0 Å². The fourth-order valence-corrected chi connectivity index (χ4v) is 2.74. The van der Waals surface area contributed by atoms with Gasteiger partial charge in [-0.15, -0.1) is 11.3 Å². The monoisotopic (exact) mass is 282 g/mol. The highest BCUT2D eigenvalue weighted by Crippen LogP contribution is 2.25. The first-order chi connectivity index (χ1) is 8.58. The van der Waals surface area contributed by atoms with E-state index in [0.29, 0.717) is 10.8 Å². The minimum absolute atomic E-state index is 0.240. The van der Waals surface area contributed by atoms with Gasteiger partial charge in [0.05, 0.1) is 6.20 Å². The van der Waals surface area contributed by atoms with Crippen LogP contribution in [-0.4, -0.2) is 23.1 Å². The van der Waals surface area contributed by atoms with Gasteiger partial charge in [-0.3, -0.25) is 0 Å². The van der Waals surface area contributed by atoms with Gasteiger partial charge in [-0.1, -0.05) is 17.7 Å². The van der Waals surface area contributed by atoms with Gasteiger partial charge in [0, 0.05) is 24.4 Å². The lowest BCUT2D eigenvalue weighted by molar-refractivity contribution is 0.680. The lowest BCUT2D eigenvalue weighted by Crippen LogP contribution is -2.31. The molecule has 6 heteroatoms. The summed E-state index contributed by atoms with van der Waals surface area (Å²) >= 11 is 7.85. The van der Waals surface area contributed by atoms with Gasteiger partial charge in [0.25, 0.3) is 0 Å². The highest BCUT2D eigenvalue weighted by atomic mass is 35.5. The molecule has 2 rings (SSSR count). The van der Waals surface area contributed by atoms with Gasteiger partial charge in [-0.25, -0.2) is 4.98 Å². The van der Waals surface area contributed by atoms with Crippen molar-refractivity contribution in [2.75, 3.05) is 17.7 Å². The van der Waals surface area contributed by atoms with Gasteiger partial charge < -0.3 is 10.6 Å². The number of nitrogens with two attached hydrogens (primary N) is 1. The van der Waals surface area contributed by atoms with E-state index in [2.05, 4.69) is 34.4 Å². The molecule has 0 fully saturated rings. The summed E-state index contributed by atoms with van der Waals surface area (Å²) in [5, 5.41) is 2.60. The summed E-state index contributed by atoms with van der Waals surface area (Å²) in [6.45, 7) is 2.13. The van der Waals surface area contributed by atoms with Gasteiger partial charge in [-0.05, 0) is 18.4 Å². The molecular formula is C12H15ClN4S. The van der Waals surface area contributed by atoms with Crippen LogP contribution in [-0.2, 0) is 6.42 Å². The second-order valence-corrected chi connectivity index (χ2v) is 5.58. The van der Waals surface area contributed by atoms with Crippen molar-refractivity contribution >= 4 is 34.7 Å². The Morgan fingerprint density at radius 1 is 1.56 bits per heavy atom. The molecule has 2 N–H and O–H groups in total. The predicted molar refractivity (Wildman–Crippen MR) is 77.3 cm³/mol. The topological polar surface area (TPSA) is 55.0 Å². The maximum absolute atomic E-state index is 6.10. The molecule has 18 heavy (non-hydrogen) atoms. The van der Waals surface area contributed by atoms with Crippen LogP contribution in [0.25, 0.3) is 0 Å². The summed E-state index contributed by atoms with van der Waals surface area (Å²) in [4.78, 5) is 11.4. The van der Waals surface area contributed by atoms with Gasteiger partial charge in [-0.2, -0.15) is 4.98 Å². The number of hydrogen-bond acceptors (Lipinski definition) is 5. The summed E-state index contributed by atoms with van der Waals surface area (Å²) < 4.78 is 0. The fourth-order valence-electron chi connectivity index (χ4n) is 1.68. The molecule has 0 saturated heterocycles. The van der Waals surface area contributed by atoms with Crippen LogP contribution in [0, 0.1) is 0 Å². The zero-order chi connectivity index (χ0) is 13.1. The predicted octanol–water partition coefficient (Wildman–Crippen LogP) is 2.84. The average molecular weight is 283 g/mol. The van der Waals surface area contributed by atoms with Crippen LogP contribution in [0.5, 0.6) is 0 Å². The molecule has 2 aromatic heterocycles. The molecule has 0 aliphatic carbocycles. The minimum Gasteiger partial charge on any atom is -0.368 e. The van der Waals surface area contributed by atoms with Crippen molar-refractivity contribution in [3.63, 3.8) is 0 Å². The van der Waals surface area contributed by atoms with Crippen LogP contribution >= 0.6 is 22.9 Å². The maximum atomic E-state index is 6.10. The highest BCUT2D eigenvalue weighted by Gasteiger charge is 2.16. The third kappa shape index (κ3) is 2.91. The largest absolute Gasteiger partial charge is 0.368 e. The molecule has 0 radical (unpaired) electrons. The van der Waals surface area contributed by atoms with E-state index < -0.39 is 0 Å². The molecule has 1 unspecified atom stereocenters. The van der Waals surface area contributed by atoms with Crippen molar-refractivity contribution in [1.29, 1.82) is 0 Å². The standard InChI is InChI=1S/C12H15ClN4S/c1-8(6-9-4-3-5-18-9)17(2)11-10(13)7-15-12(14)16-11/h3-5,7-8H,6H2,1-2H3,(H2,14,15,16). The third-order valence-electron chi connectivity index (χ3n) is 2.82. The Morgan fingerprint density at radius 3 is 3.00 bits per heavy atom. The molecule has 0 aliphatic rings. The number of likely N-dealkylation sites (N-methyl/N-ethyl adjacent to an activating group) is 1. The summed E-state index contributed by atoms with van der Waals surface area (Å²) in [5.41, 5.74) is 5.60. The molecular weight excluding hydrogens is 268 g/mol. The van der Waals surface area contributed by atoms with Crippen LogP contribution < -0.4 is 10.6 Å². The molecule has 0 saturated carbocycles. The Balaban J connectivity index is 2.14. The number of anilines is 2. The van der Waals surface area contributed by atoms with E-state index in [1.54, 1.807) is 11.3 Å². The van der Waals surface area contributed by atoms with Crippen LogP contribution in [0.15, 0.2) is 23.7 Å². The molecule has 96 valence electrons. The summed E-state index contributed by atoms with van der Waals surface area (Å²) in [7, 11) is 1.96. The molecule has 1 atom stereocenters. The number of thiophene rings is 1. The van der Waals surface area contributed by atoms with Crippen molar-refractivity contribution < 1.29 is 0 Å². The van der Waals surface area contributed by atoms with Gasteiger partial charge in [0.2, 0.25) is 5.95 Å². The van der Waals surface area contributed by atoms with E-state index in [0.717, 1.165) is 6.42 Å². The zero-order valence-corrected chi connectivity index (χ0v) is 11.9. The molecule has 0 aliphatic heterocycles. The first kappa shape index (κ1) is 13.1. The SMILES string of the molecule is CC(Cc1cccs1)N(C)c1nc(N)ncc1Cl. The lowest BCUT2D eigenvalue weighted by Gasteiger charge is -2.26. The zero-order valence-electron chi connectivity index (χ0n) is 10.3. The van der Waals surface area contributed by atoms with Crippen LogP contribution in [0.1, 0.15) is 11.8 Å². The van der Waals surface area contributed by atoms with E-state index >= 15 is 0 Å². The molecule has 0 amide bonds. The van der Waals surface area contributed by atoms with Crippen molar-refractivity contribution in [2.45, 2.75) is 19.4 Å². The molecule has 0 spiro atoms. The number of halogens is 1. The quantitative estimate of drug-likeness (QED) is 0.937. The van der Waals surface area contributed by atoms with Crippen molar-refractivity contribution in [3.05, 3.63) is 33.6 Å². The van der Waals surface area contributed by atoms with Crippen LogP contribution in [0.4, 0.5) is 11.8 Å². The Morgan fingerprint density at radius 2 is 2.33 bits per heavy atom. The normalized spacial score (nSPS) is 12.4. The van der Waals surface area contributed by atoms with E-state index in [4.69, 9.17) is 17.3 Å². The van der Waals surface area contributed by atoms with E-state index in [1.807, 2.05) is 11.9 Å². The van der Waals surface area contributed by atoms with Crippen molar-refractivity contribution in [1.82, 2.24) is 9.97 Å². The van der Waals surface area contributed by atoms with E-state index in [1.165, 1.54) is 11.1 Å². The fraction of sp³-hybridized carbons (Fsp3) is 0.333. The molecule has 0 bridgehead atoms. The average Bonchev–Trinajstić information content (AvgIpc) is 2.84. The molecule has 4 nitrogen and oxygen atoms in total. The van der Waals surface area contributed by atoms with Crippen LogP contribution in [0.2, 0.25) is 5.02 Å². The second-order valence-electron chi connectivity index (χ2n) is 4.14. The Hall–Kier alpha value is -1.33. The minimum atomic E-state index is 0.240. The van der Waals surface area contributed by atoms with Crippen molar-refractivity contribution in [2.24, 2.45) is 0 Å². The molecule has 0 aromatic carbocycles. The second kappa shape index (κ2) is 5.54. The molecule has 2 heterocycles.